The molecule has 0 unspecified atom stereocenters. The molecular formula is C14H23NO2S. The van der Waals surface area contributed by atoms with Gasteiger partial charge >= 0.3 is 5.97 Å². The molecule has 0 fully saturated rings. The second-order valence-corrected chi connectivity index (χ2v) is 5.98. The summed E-state index contributed by atoms with van der Waals surface area (Å²) in [6.07, 6.45) is 8.65. The summed E-state index contributed by atoms with van der Waals surface area (Å²) in [4.78, 5) is 16.2. The van der Waals surface area contributed by atoms with E-state index < -0.39 is 5.97 Å². The topological polar surface area (TPSA) is 50.2 Å². The van der Waals surface area contributed by atoms with Gasteiger partial charge in [-0.05, 0) is 19.8 Å². The highest BCUT2D eigenvalue weighted by Gasteiger charge is 2.11. The summed E-state index contributed by atoms with van der Waals surface area (Å²) >= 11 is 1.65. The fourth-order valence-electron chi connectivity index (χ4n) is 2.05. The number of carbonyl (C=O) groups is 1. The Hall–Kier alpha value is -0.900. The summed E-state index contributed by atoms with van der Waals surface area (Å²) in [6.45, 7) is 4.17. The summed E-state index contributed by atoms with van der Waals surface area (Å²) in [5.41, 5.74) is 0.776. The fourth-order valence-corrected chi connectivity index (χ4v) is 3.05. The first-order valence-electron chi connectivity index (χ1n) is 6.80. The molecule has 1 aromatic heterocycles. The maximum Gasteiger partial charge on any atom is 0.309 e. The molecule has 1 N–H and O–H groups in total. The number of carboxylic acids is 1. The Morgan fingerprint density at radius 1 is 1.22 bits per heavy atom. The standard InChI is InChI=1S/C14H23NO2S/c1-3-4-5-6-7-8-9-13-12(10-14(16)17)15-11(2)18-13/h3-10H2,1-2H3,(H,16,17). The van der Waals surface area contributed by atoms with Crippen LogP contribution in [0.3, 0.4) is 0 Å². The lowest BCUT2D eigenvalue weighted by molar-refractivity contribution is -0.136. The zero-order valence-corrected chi connectivity index (χ0v) is 12.2. The number of hydrogen-bond donors (Lipinski definition) is 1. The molecule has 0 aliphatic heterocycles. The Kier molecular flexibility index (Phi) is 6.94. The van der Waals surface area contributed by atoms with Crippen molar-refractivity contribution in [2.45, 2.75) is 65.2 Å². The van der Waals surface area contributed by atoms with Crippen molar-refractivity contribution in [3.05, 3.63) is 15.6 Å². The van der Waals surface area contributed by atoms with Gasteiger partial charge in [-0.25, -0.2) is 4.98 Å². The van der Waals surface area contributed by atoms with Crippen LogP contribution in [0.1, 0.15) is 61.0 Å². The van der Waals surface area contributed by atoms with E-state index in [4.69, 9.17) is 5.11 Å². The molecule has 0 saturated carbocycles. The minimum atomic E-state index is -0.788. The van der Waals surface area contributed by atoms with Gasteiger partial charge in [-0.1, -0.05) is 39.0 Å². The van der Waals surface area contributed by atoms with Gasteiger partial charge in [0.25, 0.3) is 0 Å². The number of aryl methyl sites for hydroxylation is 2. The third-order valence-electron chi connectivity index (χ3n) is 2.96. The van der Waals surface area contributed by atoms with Crippen molar-refractivity contribution < 1.29 is 9.90 Å². The summed E-state index contributed by atoms with van der Waals surface area (Å²) in [5, 5.41) is 9.81. The van der Waals surface area contributed by atoms with Crippen molar-refractivity contribution in [1.82, 2.24) is 4.98 Å². The number of aromatic nitrogens is 1. The highest BCUT2D eigenvalue weighted by Crippen LogP contribution is 2.21. The largest absolute Gasteiger partial charge is 0.481 e. The number of unbranched alkanes of at least 4 members (excludes halogenated alkanes) is 5. The molecule has 18 heavy (non-hydrogen) atoms. The van der Waals surface area contributed by atoms with Crippen LogP contribution in [0.2, 0.25) is 0 Å². The van der Waals surface area contributed by atoms with Gasteiger partial charge < -0.3 is 5.11 Å². The number of thiazole rings is 1. The molecule has 0 amide bonds. The van der Waals surface area contributed by atoms with E-state index in [9.17, 15) is 4.79 Å². The predicted octanol–water partition coefficient (Wildman–Crippen LogP) is 3.98. The van der Waals surface area contributed by atoms with E-state index in [1.165, 1.54) is 37.0 Å². The van der Waals surface area contributed by atoms with Crippen LogP contribution in [0, 0.1) is 6.92 Å². The van der Waals surface area contributed by atoms with E-state index in [-0.39, 0.29) is 6.42 Å². The molecule has 1 heterocycles. The molecule has 0 bridgehead atoms. The summed E-state index contributed by atoms with van der Waals surface area (Å²) < 4.78 is 0. The van der Waals surface area contributed by atoms with E-state index in [2.05, 4.69) is 11.9 Å². The monoisotopic (exact) mass is 269 g/mol. The number of carboxylic acid groups (broad SMARTS) is 1. The smallest absolute Gasteiger partial charge is 0.309 e. The first-order chi connectivity index (χ1) is 8.63. The minimum Gasteiger partial charge on any atom is -0.481 e. The predicted molar refractivity (Wildman–Crippen MR) is 75.3 cm³/mol. The molecule has 0 aliphatic rings. The van der Waals surface area contributed by atoms with Gasteiger partial charge in [-0.3, -0.25) is 4.79 Å². The third kappa shape index (κ3) is 5.63. The second-order valence-electron chi connectivity index (χ2n) is 4.69. The molecule has 3 nitrogen and oxygen atoms in total. The highest BCUT2D eigenvalue weighted by atomic mass is 32.1. The van der Waals surface area contributed by atoms with Crippen LogP contribution in [0.4, 0.5) is 0 Å². The Bertz CT molecular complexity index is 374. The molecule has 1 aromatic rings. The molecule has 0 saturated heterocycles. The summed E-state index contributed by atoms with van der Waals surface area (Å²) in [7, 11) is 0. The minimum absolute atomic E-state index is 0.0650. The third-order valence-corrected chi connectivity index (χ3v) is 4.03. The molecule has 0 spiro atoms. The van der Waals surface area contributed by atoms with Gasteiger partial charge in [0.05, 0.1) is 17.1 Å². The average molecular weight is 269 g/mol. The van der Waals surface area contributed by atoms with Gasteiger partial charge in [0.2, 0.25) is 0 Å². The lowest BCUT2D eigenvalue weighted by atomic mass is 10.1. The Balaban J connectivity index is 2.34. The molecule has 0 radical (unpaired) electrons. The van der Waals surface area contributed by atoms with Crippen molar-refractivity contribution in [2.75, 3.05) is 0 Å². The van der Waals surface area contributed by atoms with Crippen LogP contribution in [-0.2, 0) is 17.6 Å². The van der Waals surface area contributed by atoms with E-state index in [1.54, 1.807) is 11.3 Å². The maximum absolute atomic E-state index is 10.7. The first-order valence-corrected chi connectivity index (χ1v) is 7.62. The molecular weight excluding hydrogens is 246 g/mol. The Morgan fingerprint density at radius 2 is 1.89 bits per heavy atom. The molecule has 0 aromatic carbocycles. The van der Waals surface area contributed by atoms with Crippen molar-refractivity contribution in [2.24, 2.45) is 0 Å². The number of hydrogen-bond acceptors (Lipinski definition) is 3. The maximum atomic E-state index is 10.7. The van der Waals surface area contributed by atoms with Gasteiger partial charge in [0.1, 0.15) is 0 Å². The van der Waals surface area contributed by atoms with Crippen molar-refractivity contribution in [1.29, 1.82) is 0 Å². The zero-order chi connectivity index (χ0) is 13.4. The van der Waals surface area contributed by atoms with Crippen LogP contribution >= 0.6 is 11.3 Å². The molecule has 4 heteroatoms. The quantitative estimate of drug-likeness (QED) is 0.690. The Labute approximate surface area is 113 Å². The van der Waals surface area contributed by atoms with Gasteiger partial charge in [-0.15, -0.1) is 11.3 Å². The second kappa shape index (κ2) is 8.25. The lowest BCUT2D eigenvalue weighted by Gasteiger charge is -2.01. The van der Waals surface area contributed by atoms with Crippen LogP contribution in [0.15, 0.2) is 0 Å². The molecule has 0 atom stereocenters. The average Bonchev–Trinajstić information content (AvgIpc) is 2.63. The van der Waals surface area contributed by atoms with Gasteiger partial charge in [-0.2, -0.15) is 0 Å². The van der Waals surface area contributed by atoms with E-state index >= 15 is 0 Å². The van der Waals surface area contributed by atoms with Gasteiger partial charge in [0, 0.05) is 4.88 Å². The molecule has 0 aliphatic carbocycles. The van der Waals surface area contributed by atoms with Crippen LogP contribution in [0.25, 0.3) is 0 Å². The van der Waals surface area contributed by atoms with E-state index in [1.807, 2.05) is 6.92 Å². The first kappa shape index (κ1) is 15.2. The summed E-state index contributed by atoms with van der Waals surface area (Å²) in [5.74, 6) is -0.788. The van der Waals surface area contributed by atoms with Crippen LogP contribution in [-0.4, -0.2) is 16.1 Å². The fraction of sp³-hybridized carbons (Fsp3) is 0.714. The van der Waals surface area contributed by atoms with E-state index in [0.29, 0.717) is 0 Å². The summed E-state index contributed by atoms with van der Waals surface area (Å²) in [6, 6.07) is 0. The normalized spacial score (nSPS) is 10.8. The van der Waals surface area contributed by atoms with Crippen molar-refractivity contribution >= 4 is 17.3 Å². The van der Waals surface area contributed by atoms with Crippen molar-refractivity contribution in [3.8, 4) is 0 Å². The lowest BCUT2D eigenvalue weighted by Crippen LogP contribution is -2.03. The van der Waals surface area contributed by atoms with Gasteiger partial charge in [0.15, 0.2) is 0 Å². The molecule has 102 valence electrons. The zero-order valence-electron chi connectivity index (χ0n) is 11.4. The Morgan fingerprint density at radius 3 is 2.56 bits per heavy atom. The number of rotatable bonds is 9. The highest BCUT2D eigenvalue weighted by molar-refractivity contribution is 7.11. The SMILES string of the molecule is CCCCCCCCc1sc(C)nc1CC(=O)O. The van der Waals surface area contributed by atoms with Crippen LogP contribution < -0.4 is 0 Å². The van der Waals surface area contributed by atoms with Crippen molar-refractivity contribution in [3.63, 3.8) is 0 Å². The van der Waals surface area contributed by atoms with Crippen LogP contribution in [0.5, 0.6) is 0 Å². The van der Waals surface area contributed by atoms with E-state index in [0.717, 1.165) is 23.5 Å². The number of nitrogens with zero attached hydrogens (tertiary/aromatic N) is 1. The number of aliphatic carboxylic acids is 1. The molecule has 1 rings (SSSR count).